The summed E-state index contributed by atoms with van der Waals surface area (Å²) in [6.45, 7) is 3.23. The molecular formula is C13H15N3O2. The third-order valence-electron chi connectivity index (χ3n) is 2.44. The Morgan fingerprint density at radius 1 is 1.28 bits per heavy atom. The van der Waals surface area contributed by atoms with Gasteiger partial charge in [0.15, 0.2) is 5.76 Å². The van der Waals surface area contributed by atoms with E-state index in [9.17, 15) is 4.79 Å². The van der Waals surface area contributed by atoms with Gasteiger partial charge < -0.3 is 15.2 Å². The highest BCUT2D eigenvalue weighted by Crippen LogP contribution is 2.09. The first-order valence-electron chi connectivity index (χ1n) is 5.81. The van der Waals surface area contributed by atoms with Crippen molar-refractivity contribution in [2.45, 2.75) is 13.5 Å². The molecule has 2 aromatic rings. The van der Waals surface area contributed by atoms with Crippen LogP contribution in [0.3, 0.4) is 0 Å². The maximum absolute atomic E-state index is 11.8. The highest BCUT2D eigenvalue weighted by molar-refractivity contribution is 5.94. The molecule has 1 aromatic heterocycles. The van der Waals surface area contributed by atoms with Crippen molar-refractivity contribution < 1.29 is 9.32 Å². The van der Waals surface area contributed by atoms with Crippen LogP contribution in [0.4, 0.5) is 5.69 Å². The molecule has 0 unspecified atom stereocenters. The van der Waals surface area contributed by atoms with Gasteiger partial charge in [-0.3, -0.25) is 4.79 Å². The van der Waals surface area contributed by atoms with Crippen molar-refractivity contribution in [2.75, 3.05) is 11.9 Å². The molecule has 0 aliphatic carbocycles. The number of hydrogen-bond acceptors (Lipinski definition) is 4. The molecule has 1 aromatic carbocycles. The summed E-state index contributed by atoms with van der Waals surface area (Å²) in [6.07, 6.45) is 1.55. The minimum Gasteiger partial charge on any atom is -0.385 e. The van der Waals surface area contributed by atoms with Gasteiger partial charge in [0.25, 0.3) is 5.91 Å². The summed E-state index contributed by atoms with van der Waals surface area (Å²) >= 11 is 0. The lowest BCUT2D eigenvalue weighted by molar-refractivity contribution is 0.0947. The van der Waals surface area contributed by atoms with E-state index in [0.717, 1.165) is 12.2 Å². The molecule has 0 atom stereocenters. The average molecular weight is 245 g/mol. The van der Waals surface area contributed by atoms with Crippen molar-refractivity contribution in [3.8, 4) is 0 Å². The molecule has 0 bridgehead atoms. The molecule has 0 aliphatic rings. The maximum atomic E-state index is 11.8. The monoisotopic (exact) mass is 245 g/mol. The molecule has 1 amide bonds. The first-order chi connectivity index (χ1) is 8.79. The van der Waals surface area contributed by atoms with E-state index in [1.54, 1.807) is 24.4 Å². The molecule has 0 saturated carbocycles. The zero-order valence-electron chi connectivity index (χ0n) is 10.1. The topological polar surface area (TPSA) is 67.2 Å². The van der Waals surface area contributed by atoms with E-state index in [0.29, 0.717) is 17.9 Å². The number of amides is 1. The number of hydrogen-bond donors (Lipinski definition) is 2. The van der Waals surface area contributed by atoms with Crippen molar-refractivity contribution in [3.05, 3.63) is 47.9 Å². The van der Waals surface area contributed by atoms with E-state index in [2.05, 4.69) is 15.8 Å². The predicted octanol–water partition coefficient (Wildman–Crippen LogP) is 2.04. The van der Waals surface area contributed by atoms with Gasteiger partial charge >= 0.3 is 0 Å². The summed E-state index contributed by atoms with van der Waals surface area (Å²) in [7, 11) is 0. The lowest BCUT2D eigenvalue weighted by atomic mass is 10.2. The molecule has 5 heteroatoms. The third kappa shape index (κ3) is 3.10. The number of carbonyl (C=O) groups is 1. The fourth-order valence-electron chi connectivity index (χ4n) is 1.55. The molecule has 1 heterocycles. The second-order valence-electron chi connectivity index (χ2n) is 3.77. The van der Waals surface area contributed by atoms with E-state index in [-0.39, 0.29) is 5.91 Å². The minimum atomic E-state index is -0.130. The standard InChI is InChI=1S/C13H15N3O2/c1-2-14-11-5-3-10(4-6-11)13(17)15-9-12-7-8-16-18-12/h3-8,14H,2,9H2,1H3,(H,15,17). The number of nitrogens with one attached hydrogen (secondary N) is 2. The number of anilines is 1. The van der Waals surface area contributed by atoms with Gasteiger partial charge in [0.2, 0.25) is 0 Å². The molecule has 0 fully saturated rings. The number of aromatic nitrogens is 1. The van der Waals surface area contributed by atoms with E-state index < -0.39 is 0 Å². The number of rotatable bonds is 5. The number of benzene rings is 1. The SMILES string of the molecule is CCNc1ccc(C(=O)NCc2ccno2)cc1. The lowest BCUT2D eigenvalue weighted by Crippen LogP contribution is -2.22. The molecule has 0 aliphatic heterocycles. The van der Waals surface area contributed by atoms with Crippen LogP contribution >= 0.6 is 0 Å². The maximum Gasteiger partial charge on any atom is 0.251 e. The van der Waals surface area contributed by atoms with Gasteiger partial charge in [0.05, 0.1) is 12.7 Å². The Kier molecular flexibility index (Phi) is 3.96. The summed E-state index contributed by atoms with van der Waals surface area (Å²) in [5.41, 5.74) is 1.63. The minimum absolute atomic E-state index is 0.130. The molecule has 5 nitrogen and oxygen atoms in total. The molecule has 2 rings (SSSR count). The van der Waals surface area contributed by atoms with Gasteiger partial charge in [-0.25, -0.2) is 0 Å². The smallest absolute Gasteiger partial charge is 0.251 e. The molecule has 0 spiro atoms. The Bertz CT molecular complexity index is 491. The van der Waals surface area contributed by atoms with Crippen molar-refractivity contribution in [1.82, 2.24) is 10.5 Å². The second kappa shape index (κ2) is 5.86. The zero-order valence-corrected chi connectivity index (χ0v) is 10.1. The van der Waals surface area contributed by atoms with Crippen molar-refractivity contribution in [1.29, 1.82) is 0 Å². The van der Waals surface area contributed by atoms with Crippen LogP contribution < -0.4 is 10.6 Å². The highest BCUT2D eigenvalue weighted by atomic mass is 16.5. The number of carbonyl (C=O) groups excluding carboxylic acids is 1. The van der Waals surface area contributed by atoms with E-state index >= 15 is 0 Å². The summed E-state index contributed by atoms with van der Waals surface area (Å²) in [4.78, 5) is 11.8. The van der Waals surface area contributed by atoms with Crippen LogP contribution in [0.1, 0.15) is 23.0 Å². The fourth-order valence-corrected chi connectivity index (χ4v) is 1.55. The van der Waals surface area contributed by atoms with Crippen LogP contribution in [0.2, 0.25) is 0 Å². The Hall–Kier alpha value is -2.30. The Morgan fingerprint density at radius 3 is 2.67 bits per heavy atom. The lowest BCUT2D eigenvalue weighted by Gasteiger charge is -2.05. The van der Waals surface area contributed by atoms with Gasteiger partial charge in [-0.15, -0.1) is 0 Å². The van der Waals surface area contributed by atoms with Gasteiger partial charge in [-0.2, -0.15) is 0 Å². The van der Waals surface area contributed by atoms with Crippen molar-refractivity contribution >= 4 is 11.6 Å². The number of nitrogens with zero attached hydrogens (tertiary/aromatic N) is 1. The van der Waals surface area contributed by atoms with Crippen molar-refractivity contribution in [2.24, 2.45) is 0 Å². The van der Waals surface area contributed by atoms with Crippen LogP contribution in [0, 0.1) is 0 Å². The first-order valence-corrected chi connectivity index (χ1v) is 5.81. The first kappa shape index (κ1) is 12.2. The van der Waals surface area contributed by atoms with Gasteiger partial charge in [0.1, 0.15) is 0 Å². The van der Waals surface area contributed by atoms with Gasteiger partial charge in [-0.1, -0.05) is 5.16 Å². The Labute approximate surface area is 105 Å². The largest absolute Gasteiger partial charge is 0.385 e. The van der Waals surface area contributed by atoms with Crippen LogP contribution in [0.15, 0.2) is 41.1 Å². The zero-order chi connectivity index (χ0) is 12.8. The summed E-state index contributed by atoms with van der Waals surface area (Å²) < 4.78 is 4.90. The van der Waals surface area contributed by atoms with Crippen LogP contribution in [0.5, 0.6) is 0 Å². The summed E-state index contributed by atoms with van der Waals surface area (Å²) in [6, 6.07) is 9.05. The van der Waals surface area contributed by atoms with E-state index in [4.69, 9.17) is 4.52 Å². The normalized spacial score (nSPS) is 10.1. The average Bonchev–Trinajstić information content (AvgIpc) is 2.90. The Morgan fingerprint density at radius 2 is 2.06 bits per heavy atom. The fraction of sp³-hybridized carbons (Fsp3) is 0.231. The van der Waals surface area contributed by atoms with E-state index in [1.165, 1.54) is 0 Å². The highest BCUT2D eigenvalue weighted by Gasteiger charge is 2.06. The Balaban J connectivity index is 1.92. The molecule has 18 heavy (non-hydrogen) atoms. The third-order valence-corrected chi connectivity index (χ3v) is 2.44. The molecule has 94 valence electrons. The molecule has 2 N–H and O–H groups in total. The van der Waals surface area contributed by atoms with Crippen molar-refractivity contribution in [3.63, 3.8) is 0 Å². The quantitative estimate of drug-likeness (QED) is 0.845. The van der Waals surface area contributed by atoms with Gasteiger partial charge in [0, 0.05) is 23.9 Å². The summed E-state index contributed by atoms with van der Waals surface area (Å²) in [5.74, 6) is 0.502. The predicted molar refractivity (Wildman–Crippen MR) is 68.3 cm³/mol. The van der Waals surface area contributed by atoms with Crippen LogP contribution in [0.25, 0.3) is 0 Å². The van der Waals surface area contributed by atoms with E-state index in [1.807, 2.05) is 19.1 Å². The van der Waals surface area contributed by atoms with Gasteiger partial charge in [-0.05, 0) is 31.2 Å². The molecule has 0 radical (unpaired) electrons. The van der Waals surface area contributed by atoms with Crippen LogP contribution in [-0.4, -0.2) is 17.6 Å². The molecular weight excluding hydrogens is 230 g/mol. The second-order valence-corrected chi connectivity index (χ2v) is 3.77. The summed E-state index contributed by atoms with van der Waals surface area (Å²) in [5, 5.41) is 9.50. The molecule has 0 saturated heterocycles. The van der Waals surface area contributed by atoms with Crippen LogP contribution in [-0.2, 0) is 6.54 Å².